The summed E-state index contributed by atoms with van der Waals surface area (Å²) >= 11 is 0. The Bertz CT molecular complexity index is 694. The zero-order chi connectivity index (χ0) is 15.7. The zero-order valence-corrected chi connectivity index (χ0v) is 12.9. The maximum Gasteiger partial charge on any atom is 0.223 e. The number of hydrogen-bond acceptors (Lipinski definition) is 4. The van der Waals surface area contributed by atoms with Crippen molar-refractivity contribution in [1.29, 1.82) is 0 Å². The zero-order valence-electron chi connectivity index (χ0n) is 12.9. The molecular formula is C17H20N4O2. The second-order valence-corrected chi connectivity index (χ2v) is 6.33. The quantitative estimate of drug-likeness (QED) is 0.905. The molecular weight excluding hydrogens is 292 g/mol. The molecule has 120 valence electrons. The van der Waals surface area contributed by atoms with Crippen LogP contribution >= 0.6 is 0 Å². The van der Waals surface area contributed by atoms with Crippen LogP contribution in [0.4, 0.5) is 0 Å². The fraction of sp³-hybridized carbons (Fsp3) is 0.471. The summed E-state index contributed by atoms with van der Waals surface area (Å²) in [5.74, 6) is 0.755. The first-order valence-electron chi connectivity index (χ1n) is 8.13. The lowest BCUT2D eigenvalue weighted by molar-refractivity contribution is -0.127. The molecule has 0 unspecified atom stereocenters. The van der Waals surface area contributed by atoms with Gasteiger partial charge in [-0.25, -0.2) is 4.98 Å². The summed E-state index contributed by atoms with van der Waals surface area (Å²) in [7, 11) is 0. The number of amides is 1. The number of ether oxygens (including phenoxy) is 1. The summed E-state index contributed by atoms with van der Waals surface area (Å²) in [4.78, 5) is 16.8. The van der Waals surface area contributed by atoms with E-state index in [1.54, 1.807) is 0 Å². The standard InChI is InChI=1S/C17H20N4O2/c22-15(20-17(7-3-8-17)16-18-11-19-21-16)10-14-13-5-2-1-4-12(13)6-9-23-14/h1-2,4-5,11,14H,3,6-10H2,(H,20,22)(H,18,19,21)/t14-/m0/s1. The van der Waals surface area contributed by atoms with Crippen molar-refractivity contribution in [2.45, 2.75) is 43.7 Å². The van der Waals surface area contributed by atoms with E-state index in [0.717, 1.165) is 37.1 Å². The third kappa shape index (κ3) is 2.63. The SMILES string of the molecule is O=C(C[C@@H]1OCCc2ccccc21)NC1(c2ncn[nH]2)CCC1. The van der Waals surface area contributed by atoms with E-state index in [1.807, 2.05) is 12.1 Å². The highest BCUT2D eigenvalue weighted by molar-refractivity contribution is 5.78. The number of benzene rings is 1. The van der Waals surface area contributed by atoms with Crippen LogP contribution in [0.3, 0.4) is 0 Å². The van der Waals surface area contributed by atoms with E-state index in [0.29, 0.717) is 13.0 Å². The van der Waals surface area contributed by atoms with Gasteiger partial charge in [-0.3, -0.25) is 9.89 Å². The molecule has 2 aromatic rings. The van der Waals surface area contributed by atoms with Crippen molar-refractivity contribution in [3.05, 3.63) is 47.5 Å². The van der Waals surface area contributed by atoms with Gasteiger partial charge in [0.25, 0.3) is 0 Å². The largest absolute Gasteiger partial charge is 0.373 e. The number of rotatable bonds is 4. The number of carbonyl (C=O) groups excluding carboxylic acids is 1. The fourth-order valence-corrected chi connectivity index (χ4v) is 3.52. The first-order valence-corrected chi connectivity index (χ1v) is 8.13. The number of H-pyrrole nitrogens is 1. The first-order chi connectivity index (χ1) is 11.3. The second kappa shape index (κ2) is 5.77. The van der Waals surface area contributed by atoms with Crippen LogP contribution in [0, 0.1) is 0 Å². The van der Waals surface area contributed by atoms with Crippen molar-refractivity contribution >= 4 is 5.91 Å². The van der Waals surface area contributed by atoms with Gasteiger partial charge in [-0.15, -0.1) is 0 Å². The fourth-order valence-electron chi connectivity index (χ4n) is 3.52. The summed E-state index contributed by atoms with van der Waals surface area (Å²) in [6.07, 6.45) is 5.47. The number of aromatic nitrogens is 3. The molecule has 1 aliphatic carbocycles. The Kier molecular flexibility index (Phi) is 3.61. The van der Waals surface area contributed by atoms with Gasteiger partial charge < -0.3 is 10.1 Å². The van der Waals surface area contributed by atoms with Gasteiger partial charge in [-0.05, 0) is 36.8 Å². The highest BCUT2D eigenvalue weighted by Gasteiger charge is 2.43. The minimum atomic E-state index is -0.373. The molecule has 2 heterocycles. The Morgan fingerprint density at radius 2 is 2.26 bits per heavy atom. The summed E-state index contributed by atoms with van der Waals surface area (Å²) in [6.45, 7) is 0.669. The molecule has 1 aliphatic heterocycles. The third-order valence-corrected chi connectivity index (χ3v) is 4.92. The summed E-state index contributed by atoms with van der Waals surface area (Å²) in [5, 5.41) is 9.97. The van der Waals surface area contributed by atoms with Crippen LogP contribution in [-0.2, 0) is 21.5 Å². The van der Waals surface area contributed by atoms with Crippen LogP contribution in [0.5, 0.6) is 0 Å². The normalized spacial score (nSPS) is 22.0. The Morgan fingerprint density at radius 3 is 3.00 bits per heavy atom. The van der Waals surface area contributed by atoms with Crippen LogP contribution in [0.2, 0.25) is 0 Å². The van der Waals surface area contributed by atoms with E-state index in [4.69, 9.17) is 4.74 Å². The van der Waals surface area contributed by atoms with Gasteiger partial charge in [0, 0.05) is 0 Å². The van der Waals surface area contributed by atoms with Gasteiger partial charge in [0.2, 0.25) is 5.91 Å². The molecule has 0 saturated heterocycles. The Labute approximate surface area is 134 Å². The van der Waals surface area contributed by atoms with Gasteiger partial charge in [-0.2, -0.15) is 5.10 Å². The van der Waals surface area contributed by atoms with Crippen LogP contribution < -0.4 is 5.32 Å². The lowest BCUT2D eigenvalue weighted by Gasteiger charge is -2.40. The molecule has 23 heavy (non-hydrogen) atoms. The predicted molar refractivity (Wildman–Crippen MR) is 83.5 cm³/mol. The maximum atomic E-state index is 12.6. The number of nitrogens with one attached hydrogen (secondary N) is 2. The van der Waals surface area contributed by atoms with E-state index in [2.05, 4.69) is 32.6 Å². The molecule has 1 aromatic heterocycles. The predicted octanol–water partition coefficient (Wildman–Crippen LogP) is 2.00. The average Bonchev–Trinajstić information content (AvgIpc) is 3.06. The molecule has 1 fully saturated rings. The summed E-state index contributed by atoms with van der Waals surface area (Å²) in [6, 6.07) is 8.21. The Balaban J connectivity index is 1.47. The van der Waals surface area contributed by atoms with Gasteiger partial charge in [0.1, 0.15) is 12.2 Å². The summed E-state index contributed by atoms with van der Waals surface area (Å²) in [5.41, 5.74) is 2.04. The lowest BCUT2D eigenvalue weighted by Crippen LogP contribution is -2.51. The molecule has 6 nitrogen and oxygen atoms in total. The van der Waals surface area contributed by atoms with Crippen molar-refractivity contribution < 1.29 is 9.53 Å². The molecule has 6 heteroatoms. The van der Waals surface area contributed by atoms with E-state index in [-0.39, 0.29) is 17.6 Å². The van der Waals surface area contributed by atoms with Gasteiger partial charge in [0.15, 0.2) is 0 Å². The second-order valence-electron chi connectivity index (χ2n) is 6.33. The molecule has 4 rings (SSSR count). The molecule has 0 spiro atoms. The third-order valence-electron chi connectivity index (χ3n) is 4.92. The summed E-state index contributed by atoms with van der Waals surface area (Å²) < 4.78 is 5.84. The van der Waals surface area contributed by atoms with Crippen LogP contribution in [-0.4, -0.2) is 27.7 Å². The molecule has 1 saturated carbocycles. The molecule has 1 atom stereocenters. The van der Waals surface area contributed by atoms with Gasteiger partial charge >= 0.3 is 0 Å². The molecule has 0 bridgehead atoms. The molecule has 0 radical (unpaired) electrons. The van der Waals surface area contributed by atoms with Gasteiger partial charge in [0.05, 0.1) is 24.7 Å². The lowest BCUT2D eigenvalue weighted by atomic mass is 9.76. The first kappa shape index (κ1) is 14.4. The van der Waals surface area contributed by atoms with Crippen molar-refractivity contribution in [2.75, 3.05) is 6.61 Å². The van der Waals surface area contributed by atoms with E-state index in [1.165, 1.54) is 11.9 Å². The number of nitrogens with zero attached hydrogens (tertiary/aromatic N) is 2. The monoisotopic (exact) mass is 312 g/mol. The topological polar surface area (TPSA) is 79.9 Å². The molecule has 2 N–H and O–H groups in total. The number of fused-ring (bicyclic) bond motifs is 1. The smallest absolute Gasteiger partial charge is 0.223 e. The van der Waals surface area contributed by atoms with Crippen LogP contribution in [0.15, 0.2) is 30.6 Å². The van der Waals surface area contributed by atoms with Crippen molar-refractivity contribution in [1.82, 2.24) is 20.5 Å². The molecule has 2 aliphatic rings. The van der Waals surface area contributed by atoms with Crippen molar-refractivity contribution in [3.8, 4) is 0 Å². The number of aromatic amines is 1. The van der Waals surface area contributed by atoms with Gasteiger partial charge in [-0.1, -0.05) is 24.3 Å². The molecule has 1 amide bonds. The highest BCUT2D eigenvalue weighted by atomic mass is 16.5. The Morgan fingerprint density at radius 1 is 1.39 bits per heavy atom. The van der Waals surface area contributed by atoms with Crippen molar-refractivity contribution in [3.63, 3.8) is 0 Å². The van der Waals surface area contributed by atoms with Crippen molar-refractivity contribution in [2.24, 2.45) is 0 Å². The number of carbonyl (C=O) groups is 1. The van der Waals surface area contributed by atoms with E-state index >= 15 is 0 Å². The van der Waals surface area contributed by atoms with E-state index in [9.17, 15) is 4.79 Å². The Hall–Kier alpha value is -2.21. The minimum absolute atomic E-state index is 0.00260. The highest BCUT2D eigenvalue weighted by Crippen LogP contribution is 2.39. The van der Waals surface area contributed by atoms with Crippen LogP contribution in [0.25, 0.3) is 0 Å². The molecule has 1 aromatic carbocycles. The average molecular weight is 312 g/mol. The maximum absolute atomic E-state index is 12.6. The minimum Gasteiger partial charge on any atom is -0.373 e. The van der Waals surface area contributed by atoms with Crippen LogP contribution in [0.1, 0.15) is 48.7 Å². The number of hydrogen-bond donors (Lipinski definition) is 2. The van der Waals surface area contributed by atoms with E-state index < -0.39 is 0 Å².